The van der Waals surface area contributed by atoms with Gasteiger partial charge in [-0.3, -0.25) is 4.79 Å². The molecule has 2 amide bonds. The highest BCUT2D eigenvalue weighted by Crippen LogP contribution is 2.53. The summed E-state index contributed by atoms with van der Waals surface area (Å²) in [7, 11) is 0. The SMILES string of the molecule is Cc1ccc2c(c1)OC(C)(C)[C@H]1C[C@@H]3CN(C(=O)[C@H](CO)NC(=O)OCc4ccccc4)CC[C@@H]3O[C@H]21. The van der Waals surface area contributed by atoms with E-state index in [1.165, 1.54) is 0 Å². The van der Waals surface area contributed by atoms with Crippen LogP contribution in [0.25, 0.3) is 0 Å². The number of nitrogens with one attached hydrogen (secondary N) is 1. The zero-order chi connectivity index (χ0) is 26.2. The monoisotopic (exact) mass is 508 g/mol. The molecule has 3 aliphatic rings. The van der Waals surface area contributed by atoms with E-state index in [1.54, 1.807) is 4.90 Å². The number of benzene rings is 2. The maximum absolute atomic E-state index is 13.2. The van der Waals surface area contributed by atoms with Gasteiger partial charge in [0.25, 0.3) is 0 Å². The van der Waals surface area contributed by atoms with Crippen molar-refractivity contribution in [1.82, 2.24) is 10.2 Å². The molecule has 8 nitrogen and oxygen atoms in total. The van der Waals surface area contributed by atoms with Gasteiger partial charge >= 0.3 is 6.09 Å². The molecule has 2 N–H and O–H groups in total. The topological polar surface area (TPSA) is 97.3 Å². The lowest BCUT2D eigenvalue weighted by Gasteiger charge is -2.53. The molecule has 0 aliphatic carbocycles. The number of hydrogen-bond donors (Lipinski definition) is 2. The zero-order valence-electron chi connectivity index (χ0n) is 21.7. The van der Waals surface area contributed by atoms with Gasteiger partial charge in [-0.1, -0.05) is 42.5 Å². The molecule has 0 radical (unpaired) electrons. The molecular formula is C29H36N2O6. The van der Waals surface area contributed by atoms with Crippen molar-refractivity contribution in [1.29, 1.82) is 0 Å². The van der Waals surface area contributed by atoms with E-state index in [2.05, 4.69) is 44.3 Å². The van der Waals surface area contributed by atoms with Crippen molar-refractivity contribution in [3.63, 3.8) is 0 Å². The third kappa shape index (κ3) is 5.31. The number of ether oxygens (including phenoxy) is 3. The summed E-state index contributed by atoms with van der Waals surface area (Å²) in [5, 5.41) is 12.4. The smallest absolute Gasteiger partial charge is 0.408 e. The predicted molar refractivity (Wildman–Crippen MR) is 137 cm³/mol. The van der Waals surface area contributed by atoms with E-state index in [9.17, 15) is 14.7 Å². The Morgan fingerprint density at radius 3 is 2.76 bits per heavy atom. The molecule has 0 bridgehead atoms. The number of likely N-dealkylation sites (tertiary alicyclic amines) is 1. The second-order valence-corrected chi connectivity index (χ2v) is 11.0. The Balaban J connectivity index is 1.21. The number of aliphatic hydroxyl groups is 1. The fraction of sp³-hybridized carbons (Fsp3) is 0.517. The first-order chi connectivity index (χ1) is 17.7. The number of aliphatic hydroxyl groups excluding tert-OH is 1. The van der Waals surface area contributed by atoms with Crippen molar-refractivity contribution in [2.24, 2.45) is 11.8 Å². The number of hydrogen-bond acceptors (Lipinski definition) is 6. The molecule has 0 unspecified atom stereocenters. The Morgan fingerprint density at radius 1 is 1.22 bits per heavy atom. The Hall–Kier alpha value is -3.10. The molecule has 0 saturated carbocycles. The molecule has 2 saturated heterocycles. The minimum Gasteiger partial charge on any atom is -0.487 e. The van der Waals surface area contributed by atoms with Crippen LogP contribution in [-0.4, -0.2) is 59.5 Å². The van der Waals surface area contributed by atoms with Crippen molar-refractivity contribution in [2.45, 2.75) is 64.1 Å². The third-order valence-electron chi connectivity index (χ3n) is 7.95. The van der Waals surface area contributed by atoms with Crippen molar-refractivity contribution >= 4 is 12.0 Å². The molecule has 0 spiro atoms. The van der Waals surface area contributed by atoms with Gasteiger partial charge in [-0.2, -0.15) is 0 Å². The van der Waals surface area contributed by atoms with E-state index < -0.39 is 24.3 Å². The fourth-order valence-electron chi connectivity index (χ4n) is 5.92. The average Bonchev–Trinajstić information content (AvgIpc) is 2.89. The lowest BCUT2D eigenvalue weighted by Crippen LogP contribution is -2.58. The summed E-state index contributed by atoms with van der Waals surface area (Å²) in [5.41, 5.74) is 2.70. The summed E-state index contributed by atoms with van der Waals surface area (Å²) in [6.07, 6.45) is 0.859. The summed E-state index contributed by atoms with van der Waals surface area (Å²) in [6, 6.07) is 14.5. The minimum absolute atomic E-state index is 0.0332. The van der Waals surface area contributed by atoms with Crippen LogP contribution in [0, 0.1) is 18.8 Å². The number of rotatable bonds is 5. The molecule has 2 aromatic carbocycles. The molecule has 5 rings (SSSR count). The summed E-state index contributed by atoms with van der Waals surface area (Å²) >= 11 is 0. The fourth-order valence-corrected chi connectivity index (χ4v) is 5.92. The van der Waals surface area contributed by atoms with E-state index >= 15 is 0 Å². The highest BCUT2D eigenvalue weighted by Gasteiger charge is 2.51. The molecule has 198 valence electrons. The molecule has 2 aromatic rings. The van der Waals surface area contributed by atoms with Gasteiger partial charge < -0.3 is 29.5 Å². The number of amides is 2. The van der Waals surface area contributed by atoms with Crippen LogP contribution in [0.2, 0.25) is 0 Å². The Labute approximate surface area is 217 Å². The van der Waals surface area contributed by atoms with Crippen LogP contribution < -0.4 is 10.1 Å². The molecule has 3 heterocycles. The van der Waals surface area contributed by atoms with E-state index in [1.807, 2.05) is 30.3 Å². The van der Waals surface area contributed by atoms with Crippen LogP contribution >= 0.6 is 0 Å². The molecule has 0 aromatic heterocycles. The van der Waals surface area contributed by atoms with Crippen LogP contribution in [0.1, 0.15) is 49.5 Å². The van der Waals surface area contributed by atoms with Gasteiger partial charge in [-0.25, -0.2) is 4.79 Å². The first-order valence-corrected chi connectivity index (χ1v) is 13.1. The highest BCUT2D eigenvalue weighted by molar-refractivity contribution is 5.86. The van der Waals surface area contributed by atoms with Gasteiger partial charge in [-0.05, 0) is 50.8 Å². The van der Waals surface area contributed by atoms with Crippen LogP contribution in [-0.2, 0) is 20.9 Å². The molecule has 2 fully saturated rings. The second kappa shape index (κ2) is 10.3. The van der Waals surface area contributed by atoms with Gasteiger partial charge in [0.2, 0.25) is 5.91 Å². The number of alkyl carbamates (subject to hydrolysis) is 1. The molecular weight excluding hydrogens is 472 g/mol. The first-order valence-electron chi connectivity index (χ1n) is 13.1. The third-order valence-corrected chi connectivity index (χ3v) is 7.95. The molecule has 37 heavy (non-hydrogen) atoms. The standard InChI is InChI=1S/C29H36N2O6/c1-18-9-10-21-25(13-18)37-29(2,3)22-14-20-15-31(12-11-24(20)36-26(21)22)27(33)23(16-32)30-28(34)35-17-19-7-5-4-6-8-19/h4-10,13,20,22-24,26,32H,11-12,14-17H2,1-3H3,(H,30,34)/t20-,22+,23+,24+,26-/m1/s1. The van der Waals surface area contributed by atoms with Crippen molar-refractivity contribution in [2.75, 3.05) is 19.7 Å². The number of fused-ring (bicyclic) bond motifs is 4. The van der Waals surface area contributed by atoms with Gasteiger partial charge in [0, 0.05) is 30.5 Å². The van der Waals surface area contributed by atoms with E-state index in [-0.39, 0.29) is 36.6 Å². The maximum Gasteiger partial charge on any atom is 0.408 e. The van der Waals surface area contributed by atoms with E-state index in [4.69, 9.17) is 14.2 Å². The van der Waals surface area contributed by atoms with Gasteiger partial charge in [0.1, 0.15) is 24.0 Å². The largest absolute Gasteiger partial charge is 0.487 e. The van der Waals surface area contributed by atoms with Gasteiger partial charge in [-0.15, -0.1) is 0 Å². The Morgan fingerprint density at radius 2 is 2.00 bits per heavy atom. The molecule has 8 heteroatoms. The Bertz CT molecular complexity index is 1140. The average molecular weight is 509 g/mol. The maximum atomic E-state index is 13.2. The number of aryl methyl sites for hydroxylation is 1. The number of carbonyl (C=O) groups excluding carboxylic acids is 2. The second-order valence-electron chi connectivity index (χ2n) is 11.0. The summed E-state index contributed by atoms with van der Waals surface area (Å²) in [5.74, 6) is 0.893. The lowest BCUT2D eigenvalue weighted by atomic mass is 9.70. The van der Waals surface area contributed by atoms with E-state index in [0.29, 0.717) is 19.5 Å². The Kier molecular flexibility index (Phi) is 7.14. The molecule has 3 aliphatic heterocycles. The van der Waals surface area contributed by atoms with Crippen molar-refractivity contribution in [3.05, 3.63) is 65.2 Å². The van der Waals surface area contributed by atoms with Crippen LogP contribution in [0.15, 0.2) is 48.5 Å². The number of piperidine rings is 1. The van der Waals surface area contributed by atoms with Crippen LogP contribution in [0.4, 0.5) is 4.79 Å². The predicted octanol–water partition coefficient (Wildman–Crippen LogP) is 3.75. The van der Waals surface area contributed by atoms with Gasteiger partial charge in [0.15, 0.2) is 0 Å². The quantitative estimate of drug-likeness (QED) is 0.639. The van der Waals surface area contributed by atoms with Crippen LogP contribution in [0.3, 0.4) is 0 Å². The summed E-state index contributed by atoms with van der Waals surface area (Å²) in [4.78, 5) is 27.3. The number of nitrogens with zero attached hydrogens (tertiary/aromatic N) is 1. The zero-order valence-corrected chi connectivity index (χ0v) is 21.7. The normalized spacial score (nSPS) is 26.5. The highest BCUT2D eigenvalue weighted by atomic mass is 16.5. The van der Waals surface area contributed by atoms with Gasteiger partial charge in [0.05, 0.1) is 18.8 Å². The minimum atomic E-state index is -1.05. The van der Waals surface area contributed by atoms with Crippen LogP contribution in [0.5, 0.6) is 5.75 Å². The summed E-state index contributed by atoms with van der Waals surface area (Å²) in [6.45, 7) is 6.89. The first kappa shape index (κ1) is 25.5. The number of carbonyl (C=O) groups is 2. The van der Waals surface area contributed by atoms with Crippen molar-refractivity contribution in [3.8, 4) is 5.75 Å². The van der Waals surface area contributed by atoms with E-state index in [0.717, 1.165) is 28.9 Å². The van der Waals surface area contributed by atoms with Crippen molar-refractivity contribution < 1.29 is 28.9 Å². The summed E-state index contributed by atoms with van der Waals surface area (Å²) < 4.78 is 18.4. The lowest BCUT2D eigenvalue weighted by molar-refractivity contribution is -0.189. The molecule has 5 atom stereocenters.